The highest BCUT2D eigenvalue weighted by molar-refractivity contribution is 6.02. The van der Waals surface area contributed by atoms with Gasteiger partial charge in [0.05, 0.1) is 0 Å². The van der Waals surface area contributed by atoms with E-state index in [0.29, 0.717) is 30.4 Å². The van der Waals surface area contributed by atoms with E-state index in [1.807, 2.05) is 0 Å². The van der Waals surface area contributed by atoms with Crippen LogP contribution in [0.5, 0.6) is 0 Å². The lowest BCUT2D eigenvalue weighted by Gasteiger charge is -2.24. The van der Waals surface area contributed by atoms with E-state index >= 15 is 0 Å². The summed E-state index contributed by atoms with van der Waals surface area (Å²) in [6.45, 7) is 4.24. The first-order valence-corrected chi connectivity index (χ1v) is 4.17. The maximum Gasteiger partial charge on any atom is 0.138 e. The first kappa shape index (κ1) is 8.44. The summed E-state index contributed by atoms with van der Waals surface area (Å²) in [7, 11) is 0. The summed E-state index contributed by atoms with van der Waals surface area (Å²) >= 11 is 0. The van der Waals surface area contributed by atoms with Gasteiger partial charge in [-0.2, -0.15) is 0 Å². The van der Waals surface area contributed by atoms with Crippen molar-refractivity contribution in [3.8, 4) is 0 Å². The first-order valence-electron chi connectivity index (χ1n) is 4.17. The van der Waals surface area contributed by atoms with Crippen molar-refractivity contribution in [2.24, 2.45) is 11.8 Å². The van der Waals surface area contributed by atoms with Crippen molar-refractivity contribution in [2.45, 2.75) is 33.1 Å². The molecule has 1 aliphatic carbocycles. The number of rotatable bonds is 1. The summed E-state index contributed by atoms with van der Waals surface area (Å²) in [6, 6.07) is 0. The molecule has 1 saturated carbocycles. The summed E-state index contributed by atoms with van der Waals surface area (Å²) in [5, 5.41) is 7.42. The van der Waals surface area contributed by atoms with E-state index in [1.54, 1.807) is 0 Å². The largest absolute Gasteiger partial charge is 0.309 e. The minimum atomic E-state index is 0.250. The highest BCUT2D eigenvalue weighted by atomic mass is 16.1. The fourth-order valence-electron chi connectivity index (χ4n) is 1.53. The molecule has 0 aromatic heterocycles. The number of Topliss-reactive ketones (excluding diaryl/α,β-unsaturated/α-hetero) is 1. The predicted octanol–water partition coefficient (Wildman–Crippen LogP) is 2.03. The third-order valence-electron chi connectivity index (χ3n) is 2.35. The lowest BCUT2D eigenvalue weighted by molar-refractivity contribution is -0.119. The van der Waals surface area contributed by atoms with E-state index in [2.05, 4.69) is 13.8 Å². The average molecular weight is 153 g/mol. The van der Waals surface area contributed by atoms with Crippen LogP contribution in [0.4, 0.5) is 0 Å². The third kappa shape index (κ3) is 2.14. The van der Waals surface area contributed by atoms with Crippen LogP contribution in [0.1, 0.15) is 33.1 Å². The lowest BCUT2D eigenvalue weighted by atomic mass is 9.80. The molecule has 0 aliphatic heterocycles. The molecule has 0 aromatic rings. The van der Waals surface area contributed by atoms with E-state index in [4.69, 9.17) is 5.41 Å². The molecule has 0 heterocycles. The van der Waals surface area contributed by atoms with Gasteiger partial charge in [-0.15, -0.1) is 0 Å². The molecular weight excluding hydrogens is 138 g/mol. The maximum absolute atomic E-state index is 11.0. The lowest BCUT2D eigenvalue weighted by Crippen LogP contribution is -2.25. The number of nitrogens with one attached hydrogen (secondary N) is 1. The molecule has 0 amide bonds. The van der Waals surface area contributed by atoms with Gasteiger partial charge < -0.3 is 5.41 Å². The molecular formula is C9H15NO. The normalized spacial score (nSPS) is 26.3. The van der Waals surface area contributed by atoms with Crippen LogP contribution >= 0.6 is 0 Å². The molecule has 0 aromatic carbocycles. The van der Waals surface area contributed by atoms with Crippen LogP contribution in [0.15, 0.2) is 0 Å². The Morgan fingerprint density at radius 2 is 2.09 bits per heavy atom. The van der Waals surface area contributed by atoms with Crippen molar-refractivity contribution in [3.05, 3.63) is 0 Å². The summed E-state index contributed by atoms with van der Waals surface area (Å²) in [6.07, 6.45) is 1.94. The molecule has 1 N–H and O–H groups in total. The predicted molar refractivity (Wildman–Crippen MR) is 44.9 cm³/mol. The molecule has 1 atom stereocenters. The molecule has 0 radical (unpaired) electrons. The Hall–Kier alpha value is -0.660. The second-order valence-electron chi connectivity index (χ2n) is 3.73. The highest BCUT2D eigenvalue weighted by Crippen LogP contribution is 2.25. The SMILES string of the molecule is CC(C)C1CC(=N)CC(=O)C1. The second-order valence-corrected chi connectivity index (χ2v) is 3.73. The van der Waals surface area contributed by atoms with Gasteiger partial charge in [0.25, 0.3) is 0 Å². The monoisotopic (exact) mass is 153 g/mol. The van der Waals surface area contributed by atoms with Crippen molar-refractivity contribution < 1.29 is 4.79 Å². The number of carbonyl (C=O) groups is 1. The molecule has 2 nitrogen and oxygen atoms in total. The van der Waals surface area contributed by atoms with Gasteiger partial charge in [-0.25, -0.2) is 0 Å². The van der Waals surface area contributed by atoms with Crippen molar-refractivity contribution in [1.82, 2.24) is 0 Å². The Labute approximate surface area is 67.5 Å². The standard InChI is InChI=1S/C9H15NO/c1-6(2)7-3-8(10)5-9(11)4-7/h6-7,10H,3-5H2,1-2H3. The maximum atomic E-state index is 11.0. The number of ketones is 1. The number of hydrogen-bond acceptors (Lipinski definition) is 2. The van der Waals surface area contributed by atoms with Gasteiger partial charge in [-0.3, -0.25) is 4.79 Å². The van der Waals surface area contributed by atoms with Crippen molar-refractivity contribution in [3.63, 3.8) is 0 Å². The van der Waals surface area contributed by atoms with Crippen molar-refractivity contribution >= 4 is 11.5 Å². The fourth-order valence-corrected chi connectivity index (χ4v) is 1.53. The average Bonchev–Trinajstić information content (AvgIpc) is 1.85. The van der Waals surface area contributed by atoms with Crippen molar-refractivity contribution in [1.29, 1.82) is 5.41 Å². The van der Waals surface area contributed by atoms with E-state index in [9.17, 15) is 4.79 Å². The Morgan fingerprint density at radius 1 is 1.45 bits per heavy atom. The van der Waals surface area contributed by atoms with Crippen LogP contribution in [-0.4, -0.2) is 11.5 Å². The summed E-state index contributed by atoms with van der Waals surface area (Å²) in [5.74, 6) is 1.23. The van der Waals surface area contributed by atoms with E-state index in [0.717, 1.165) is 6.42 Å². The van der Waals surface area contributed by atoms with Gasteiger partial charge in [0.1, 0.15) is 5.78 Å². The van der Waals surface area contributed by atoms with Crippen LogP contribution < -0.4 is 0 Å². The fraction of sp³-hybridized carbons (Fsp3) is 0.778. The van der Waals surface area contributed by atoms with Crippen LogP contribution in [-0.2, 0) is 4.79 Å². The molecule has 1 unspecified atom stereocenters. The minimum absolute atomic E-state index is 0.250. The summed E-state index contributed by atoms with van der Waals surface area (Å²) < 4.78 is 0. The van der Waals surface area contributed by atoms with Gasteiger partial charge in [-0.05, 0) is 18.3 Å². The quantitative estimate of drug-likeness (QED) is 0.615. The van der Waals surface area contributed by atoms with Crippen molar-refractivity contribution in [2.75, 3.05) is 0 Å². The molecule has 11 heavy (non-hydrogen) atoms. The Balaban J connectivity index is 2.56. The molecule has 0 spiro atoms. The van der Waals surface area contributed by atoms with Crippen LogP contribution in [0.2, 0.25) is 0 Å². The number of hydrogen-bond donors (Lipinski definition) is 1. The zero-order valence-electron chi connectivity index (χ0n) is 7.18. The van der Waals surface area contributed by atoms with E-state index < -0.39 is 0 Å². The molecule has 2 heteroatoms. The zero-order valence-corrected chi connectivity index (χ0v) is 7.18. The van der Waals surface area contributed by atoms with Gasteiger partial charge >= 0.3 is 0 Å². The van der Waals surface area contributed by atoms with Gasteiger partial charge in [-0.1, -0.05) is 13.8 Å². The summed E-state index contributed by atoms with van der Waals surface area (Å²) in [5.41, 5.74) is 0.625. The van der Waals surface area contributed by atoms with Crippen LogP contribution in [0.3, 0.4) is 0 Å². The molecule has 62 valence electrons. The van der Waals surface area contributed by atoms with Crippen LogP contribution in [0.25, 0.3) is 0 Å². The molecule has 1 fully saturated rings. The van der Waals surface area contributed by atoms with Gasteiger partial charge in [0.15, 0.2) is 0 Å². The minimum Gasteiger partial charge on any atom is -0.309 e. The Bertz CT molecular complexity index is 168. The second kappa shape index (κ2) is 3.16. The number of carbonyl (C=O) groups excluding carboxylic acids is 1. The Morgan fingerprint density at radius 3 is 2.55 bits per heavy atom. The van der Waals surface area contributed by atoms with Gasteiger partial charge in [0.2, 0.25) is 0 Å². The van der Waals surface area contributed by atoms with E-state index in [1.165, 1.54) is 0 Å². The van der Waals surface area contributed by atoms with Crippen LogP contribution in [0, 0.1) is 17.2 Å². The van der Waals surface area contributed by atoms with Gasteiger partial charge in [0, 0.05) is 18.6 Å². The molecule has 1 aliphatic rings. The Kier molecular flexibility index (Phi) is 2.42. The smallest absolute Gasteiger partial charge is 0.138 e. The molecule has 1 rings (SSSR count). The zero-order chi connectivity index (χ0) is 8.43. The first-order chi connectivity index (χ1) is 5.09. The summed E-state index contributed by atoms with van der Waals surface area (Å²) in [4.78, 5) is 11.0. The molecule has 0 bridgehead atoms. The van der Waals surface area contributed by atoms with E-state index in [-0.39, 0.29) is 5.78 Å². The highest BCUT2D eigenvalue weighted by Gasteiger charge is 2.24. The molecule has 0 saturated heterocycles. The third-order valence-corrected chi connectivity index (χ3v) is 2.35. The topological polar surface area (TPSA) is 40.9 Å².